The lowest BCUT2D eigenvalue weighted by atomic mass is 10.2. The van der Waals surface area contributed by atoms with Crippen LogP contribution in [0, 0.1) is 0 Å². The summed E-state index contributed by atoms with van der Waals surface area (Å²) in [6, 6.07) is 3.60. The Hall–Kier alpha value is -1.16. The highest BCUT2D eigenvalue weighted by Gasteiger charge is 2.27. The molecule has 1 fully saturated rings. The van der Waals surface area contributed by atoms with Gasteiger partial charge in [0.05, 0.1) is 6.54 Å². The fourth-order valence-corrected chi connectivity index (χ4v) is 5.91. The number of aliphatic imine (C=N–C) groups is 1. The average Bonchev–Trinajstić information content (AvgIpc) is 3.20. The zero-order chi connectivity index (χ0) is 20.2. The van der Waals surface area contributed by atoms with Crippen molar-refractivity contribution in [3.8, 4) is 0 Å². The van der Waals surface area contributed by atoms with Crippen molar-refractivity contribution < 1.29 is 13.2 Å². The molecule has 0 radical (unpaired) electrons. The fourth-order valence-electron chi connectivity index (χ4n) is 2.95. The van der Waals surface area contributed by atoms with Crippen LogP contribution in [0.2, 0.25) is 0 Å². The van der Waals surface area contributed by atoms with Gasteiger partial charge in [0.2, 0.25) is 0 Å². The van der Waals surface area contributed by atoms with Crippen molar-refractivity contribution in [1.29, 1.82) is 0 Å². The number of nitrogens with zero attached hydrogens (tertiary/aromatic N) is 2. The van der Waals surface area contributed by atoms with Gasteiger partial charge in [-0.25, -0.2) is 8.42 Å². The van der Waals surface area contributed by atoms with Gasteiger partial charge in [0.25, 0.3) is 10.0 Å². The zero-order valence-corrected chi connectivity index (χ0v) is 18.7. The van der Waals surface area contributed by atoms with Crippen molar-refractivity contribution in [1.82, 2.24) is 14.9 Å². The highest BCUT2D eigenvalue weighted by Crippen LogP contribution is 2.26. The largest absolute Gasteiger partial charge is 0.381 e. The molecule has 160 valence electrons. The van der Waals surface area contributed by atoms with E-state index in [1.165, 1.54) is 11.3 Å². The molecule has 0 saturated carbocycles. The number of ether oxygens (including phenoxy) is 1. The van der Waals surface area contributed by atoms with E-state index in [-0.39, 0.29) is 0 Å². The molecule has 28 heavy (non-hydrogen) atoms. The number of nitrogens with one attached hydrogen (secondary N) is 2. The number of sulfonamides is 1. The summed E-state index contributed by atoms with van der Waals surface area (Å²) < 4.78 is 33.0. The van der Waals surface area contributed by atoms with Crippen molar-refractivity contribution in [3.05, 3.63) is 17.0 Å². The van der Waals surface area contributed by atoms with Gasteiger partial charge in [-0.1, -0.05) is 19.8 Å². The molecule has 0 spiro atoms. The molecule has 9 heteroatoms. The van der Waals surface area contributed by atoms with Crippen LogP contribution in [0.15, 0.2) is 21.3 Å². The van der Waals surface area contributed by atoms with Crippen LogP contribution in [0.25, 0.3) is 0 Å². The molecular formula is C19H34N4O3S2. The number of thiophene rings is 1. The third-order valence-electron chi connectivity index (χ3n) is 4.60. The maximum absolute atomic E-state index is 12.7. The van der Waals surface area contributed by atoms with Crippen LogP contribution in [0.1, 0.15) is 50.3 Å². The van der Waals surface area contributed by atoms with Gasteiger partial charge in [-0.2, -0.15) is 4.31 Å². The van der Waals surface area contributed by atoms with E-state index in [0.29, 0.717) is 29.8 Å². The number of guanidine groups is 1. The lowest BCUT2D eigenvalue weighted by Gasteiger charge is -2.25. The second kappa shape index (κ2) is 12.4. The number of hydrogen-bond acceptors (Lipinski definition) is 5. The monoisotopic (exact) mass is 430 g/mol. The molecule has 0 atom stereocenters. The first-order valence-electron chi connectivity index (χ1n) is 10.2. The first-order chi connectivity index (χ1) is 13.6. The summed E-state index contributed by atoms with van der Waals surface area (Å²) in [5.41, 5.74) is 0. The van der Waals surface area contributed by atoms with Crippen LogP contribution in [-0.2, 0) is 21.3 Å². The molecule has 1 saturated heterocycles. The normalized spacial score (nSPS) is 16.3. The van der Waals surface area contributed by atoms with E-state index in [1.807, 2.05) is 6.07 Å². The number of rotatable bonds is 11. The maximum atomic E-state index is 12.7. The van der Waals surface area contributed by atoms with Crippen LogP contribution < -0.4 is 10.6 Å². The van der Waals surface area contributed by atoms with Crippen molar-refractivity contribution in [2.75, 3.05) is 39.9 Å². The molecule has 2 heterocycles. The van der Waals surface area contributed by atoms with Gasteiger partial charge in [0.1, 0.15) is 4.21 Å². The number of unbranched alkanes of at least 4 members (excludes halogenated alkanes) is 1. The van der Waals surface area contributed by atoms with Crippen LogP contribution in [0.3, 0.4) is 0 Å². The summed E-state index contributed by atoms with van der Waals surface area (Å²) in [4.78, 5) is 5.18. The van der Waals surface area contributed by atoms with E-state index in [1.54, 1.807) is 17.4 Å². The number of hydrogen-bond donors (Lipinski definition) is 2. The van der Waals surface area contributed by atoms with Crippen molar-refractivity contribution >= 4 is 27.3 Å². The third-order valence-corrected chi connectivity index (χ3v) is 8.05. The van der Waals surface area contributed by atoms with Gasteiger partial charge in [-0.15, -0.1) is 11.3 Å². The Labute approximate surface area is 173 Å². The molecule has 1 aromatic rings. The van der Waals surface area contributed by atoms with Crippen LogP contribution in [-0.4, -0.2) is 58.6 Å². The molecule has 1 aliphatic rings. The quantitative estimate of drug-likeness (QED) is 0.320. The Morgan fingerprint density at radius 2 is 1.93 bits per heavy atom. The van der Waals surface area contributed by atoms with Crippen LogP contribution >= 0.6 is 11.3 Å². The van der Waals surface area contributed by atoms with E-state index in [0.717, 1.165) is 63.2 Å². The third kappa shape index (κ3) is 7.35. The molecule has 0 bridgehead atoms. The first-order valence-corrected chi connectivity index (χ1v) is 12.4. The predicted molar refractivity (Wildman–Crippen MR) is 115 cm³/mol. The summed E-state index contributed by atoms with van der Waals surface area (Å²) in [7, 11) is -1.62. The van der Waals surface area contributed by atoms with Crippen LogP contribution in [0.5, 0.6) is 0 Å². The fraction of sp³-hybridized carbons (Fsp3) is 0.737. The van der Waals surface area contributed by atoms with Crippen LogP contribution in [0.4, 0.5) is 0 Å². The Kier molecular flexibility index (Phi) is 10.3. The van der Waals surface area contributed by atoms with E-state index in [2.05, 4.69) is 22.5 Å². The summed E-state index contributed by atoms with van der Waals surface area (Å²) in [6.07, 6.45) is 6.19. The zero-order valence-electron chi connectivity index (χ0n) is 17.1. The van der Waals surface area contributed by atoms with Gasteiger partial charge in [-0.05, 0) is 37.8 Å². The first kappa shape index (κ1) is 23.1. The Morgan fingerprint density at radius 3 is 2.64 bits per heavy atom. The smallest absolute Gasteiger partial charge is 0.252 e. The molecule has 0 aromatic carbocycles. The summed E-state index contributed by atoms with van der Waals surface area (Å²) in [5, 5.41) is 6.50. The Bertz CT molecular complexity index is 698. The molecule has 0 aliphatic carbocycles. The van der Waals surface area contributed by atoms with Crippen molar-refractivity contribution in [3.63, 3.8) is 0 Å². The van der Waals surface area contributed by atoms with Gasteiger partial charge >= 0.3 is 0 Å². The molecule has 1 aliphatic heterocycles. The lowest BCUT2D eigenvalue weighted by molar-refractivity contribution is 0.129. The Morgan fingerprint density at radius 1 is 1.18 bits per heavy atom. The maximum Gasteiger partial charge on any atom is 0.252 e. The molecule has 2 N–H and O–H groups in total. The van der Waals surface area contributed by atoms with E-state index >= 15 is 0 Å². The second-order valence-corrected chi connectivity index (χ2v) is 10.2. The summed E-state index contributed by atoms with van der Waals surface area (Å²) >= 11 is 1.33. The molecule has 0 unspecified atom stereocenters. The lowest BCUT2D eigenvalue weighted by Crippen LogP contribution is -2.37. The molecule has 2 rings (SSSR count). The highest BCUT2D eigenvalue weighted by atomic mass is 32.2. The van der Waals surface area contributed by atoms with E-state index < -0.39 is 10.0 Å². The van der Waals surface area contributed by atoms with Gasteiger partial charge < -0.3 is 15.4 Å². The molecule has 0 amide bonds. The minimum absolute atomic E-state index is 0.429. The SMILES string of the molecule is CCCCOCCCNC(=NC)NCc1ccc(S(=O)(=O)N2CCCCC2)s1. The minimum atomic E-state index is -3.35. The standard InChI is InChI=1S/C19H34N4O3S2/c1-3-4-14-26-15-8-11-21-19(20-2)22-16-17-9-10-18(27-17)28(24,25)23-12-6-5-7-13-23/h9-10H,3-8,11-16H2,1-2H3,(H2,20,21,22). The minimum Gasteiger partial charge on any atom is -0.381 e. The Balaban J connectivity index is 1.74. The summed E-state index contributed by atoms with van der Waals surface area (Å²) in [5.74, 6) is 0.711. The molecule has 7 nitrogen and oxygen atoms in total. The van der Waals surface area contributed by atoms with Crippen molar-refractivity contribution in [2.24, 2.45) is 4.99 Å². The predicted octanol–water partition coefficient (Wildman–Crippen LogP) is 2.79. The van der Waals surface area contributed by atoms with Gasteiger partial charge in [0.15, 0.2) is 5.96 Å². The van der Waals surface area contributed by atoms with E-state index in [4.69, 9.17) is 4.74 Å². The average molecular weight is 431 g/mol. The topological polar surface area (TPSA) is 83.0 Å². The van der Waals surface area contributed by atoms with Gasteiger partial charge in [0, 0.05) is 44.8 Å². The van der Waals surface area contributed by atoms with E-state index in [9.17, 15) is 8.42 Å². The second-order valence-electron chi connectivity index (χ2n) is 6.86. The van der Waals surface area contributed by atoms with Gasteiger partial charge in [-0.3, -0.25) is 4.99 Å². The number of piperidine rings is 1. The molecule has 1 aromatic heterocycles. The highest BCUT2D eigenvalue weighted by molar-refractivity contribution is 7.91. The van der Waals surface area contributed by atoms with Crippen molar-refractivity contribution in [2.45, 2.75) is 56.2 Å². The summed E-state index contributed by atoms with van der Waals surface area (Å²) in [6.45, 7) is 6.31. The molecular weight excluding hydrogens is 396 g/mol.